The summed E-state index contributed by atoms with van der Waals surface area (Å²) in [6, 6.07) is 10.2. The molecule has 0 amide bonds. The summed E-state index contributed by atoms with van der Waals surface area (Å²) in [6.07, 6.45) is 7.01. The number of hydrogen-bond acceptors (Lipinski definition) is 4. The number of para-hydroxylation sites is 1. The van der Waals surface area contributed by atoms with E-state index in [0.717, 1.165) is 22.2 Å². The van der Waals surface area contributed by atoms with Gasteiger partial charge in [-0.05, 0) is 24.7 Å². The van der Waals surface area contributed by atoms with E-state index in [9.17, 15) is 0 Å². The van der Waals surface area contributed by atoms with Crippen LogP contribution in [0.1, 0.15) is 17.3 Å². The summed E-state index contributed by atoms with van der Waals surface area (Å²) in [5, 5.41) is 4.43. The number of aromatic nitrogens is 3. The summed E-state index contributed by atoms with van der Waals surface area (Å²) in [5.74, 6) is 0. The van der Waals surface area contributed by atoms with Gasteiger partial charge < -0.3 is 5.32 Å². The molecule has 0 saturated carbocycles. The van der Waals surface area contributed by atoms with Crippen LogP contribution in [0.3, 0.4) is 0 Å². The number of hydrogen-bond donors (Lipinski definition) is 1. The Bertz CT molecular complexity index is 677. The lowest BCUT2D eigenvalue weighted by atomic mass is 10.00. The molecule has 1 unspecified atom stereocenters. The number of benzene rings is 1. The second-order valence-corrected chi connectivity index (χ2v) is 4.27. The summed E-state index contributed by atoms with van der Waals surface area (Å²) < 4.78 is 0. The normalized spacial score (nSPS) is 12.5. The monoisotopic (exact) mass is 250 g/mol. The van der Waals surface area contributed by atoms with Crippen LogP contribution in [-0.4, -0.2) is 22.0 Å². The van der Waals surface area contributed by atoms with Crippen molar-refractivity contribution in [1.29, 1.82) is 0 Å². The van der Waals surface area contributed by atoms with Crippen molar-refractivity contribution >= 4 is 10.9 Å². The van der Waals surface area contributed by atoms with Crippen LogP contribution in [0, 0.1) is 0 Å². The van der Waals surface area contributed by atoms with Crippen molar-refractivity contribution in [1.82, 2.24) is 20.3 Å². The van der Waals surface area contributed by atoms with Gasteiger partial charge >= 0.3 is 0 Å². The van der Waals surface area contributed by atoms with Crippen LogP contribution in [0.2, 0.25) is 0 Å². The molecule has 1 aromatic carbocycles. The van der Waals surface area contributed by atoms with E-state index >= 15 is 0 Å². The Morgan fingerprint density at radius 2 is 1.89 bits per heavy atom. The molecule has 94 valence electrons. The van der Waals surface area contributed by atoms with Crippen LogP contribution >= 0.6 is 0 Å². The Kier molecular flexibility index (Phi) is 3.16. The molecular weight excluding hydrogens is 236 g/mol. The summed E-state index contributed by atoms with van der Waals surface area (Å²) >= 11 is 0. The fraction of sp³-hybridized carbons (Fsp3) is 0.133. The predicted molar refractivity (Wildman–Crippen MR) is 74.7 cm³/mol. The standard InChI is InChI=1S/C15H14N4/c1-16-15(14-10-17-8-9-19-14)12-6-7-18-13-5-3-2-4-11(12)13/h2-10,15-16H,1H3. The molecule has 2 heterocycles. The third kappa shape index (κ3) is 2.18. The maximum absolute atomic E-state index is 4.39. The van der Waals surface area contributed by atoms with Gasteiger partial charge in [-0.1, -0.05) is 18.2 Å². The van der Waals surface area contributed by atoms with E-state index in [1.165, 1.54) is 0 Å². The molecule has 0 saturated heterocycles. The van der Waals surface area contributed by atoms with Crippen molar-refractivity contribution in [3.05, 3.63) is 66.4 Å². The molecule has 4 heteroatoms. The van der Waals surface area contributed by atoms with E-state index in [4.69, 9.17) is 0 Å². The summed E-state index contributed by atoms with van der Waals surface area (Å²) in [7, 11) is 1.93. The van der Waals surface area contributed by atoms with Crippen molar-refractivity contribution in [2.24, 2.45) is 0 Å². The first-order valence-electron chi connectivity index (χ1n) is 6.17. The van der Waals surface area contributed by atoms with Crippen molar-refractivity contribution in [3.63, 3.8) is 0 Å². The van der Waals surface area contributed by atoms with Crippen LogP contribution in [0.4, 0.5) is 0 Å². The molecular formula is C15H14N4. The van der Waals surface area contributed by atoms with E-state index in [-0.39, 0.29) is 6.04 Å². The molecule has 1 N–H and O–H groups in total. The molecule has 1 atom stereocenters. The van der Waals surface area contributed by atoms with E-state index in [0.29, 0.717) is 0 Å². The molecule has 0 aliphatic heterocycles. The average molecular weight is 250 g/mol. The highest BCUT2D eigenvalue weighted by Gasteiger charge is 2.16. The maximum Gasteiger partial charge on any atom is 0.0801 e. The van der Waals surface area contributed by atoms with Crippen LogP contribution in [0.25, 0.3) is 10.9 Å². The van der Waals surface area contributed by atoms with Crippen molar-refractivity contribution in [2.75, 3.05) is 7.05 Å². The smallest absolute Gasteiger partial charge is 0.0801 e. The summed E-state index contributed by atoms with van der Waals surface area (Å²) in [5.41, 5.74) is 3.05. The fourth-order valence-corrected chi connectivity index (χ4v) is 2.29. The lowest BCUT2D eigenvalue weighted by Gasteiger charge is -2.17. The Balaban J connectivity index is 2.17. The van der Waals surface area contributed by atoms with Gasteiger partial charge in [0.05, 0.1) is 23.4 Å². The fourth-order valence-electron chi connectivity index (χ4n) is 2.29. The highest BCUT2D eigenvalue weighted by Crippen LogP contribution is 2.26. The minimum atomic E-state index is 0.0154. The summed E-state index contributed by atoms with van der Waals surface area (Å²) in [6.45, 7) is 0. The third-order valence-corrected chi connectivity index (χ3v) is 3.16. The van der Waals surface area contributed by atoms with Crippen molar-refractivity contribution in [2.45, 2.75) is 6.04 Å². The number of fused-ring (bicyclic) bond motifs is 1. The SMILES string of the molecule is CNC(c1cnccn1)c1ccnc2ccccc12. The van der Waals surface area contributed by atoms with Crippen molar-refractivity contribution in [3.8, 4) is 0 Å². The largest absolute Gasteiger partial charge is 0.308 e. The second kappa shape index (κ2) is 5.12. The number of rotatable bonds is 3. The van der Waals surface area contributed by atoms with Crippen molar-refractivity contribution < 1.29 is 0 Å². The Labute approximate surface area is 111 Å². The second-order valence-electron chi connectivity index (χ2n) is 4.27. The third-order valence-electron chi connectivity index (χ3n) is 3.16. The minimum Gasteiger partial charge on any atom is -0.308 e. The molecule has 4 nitrogen and oxygen atoms in total. The molecule has 0 aliphatic rings. The summed E-state index contributed by atoms with van der Waals surface area (Å²) in [4.78, 5) is 12.9. The van der Waals surface area contributed by atoms with Gasteiger partial charge in [0.25, 0.3) is 0 Å². The molecule has 19 heavy (non-hydrogen) atoms. The Morgan fingerprint density at radius 3 is 2.68 bits per heavy atom. The first-order valence-corrected chi connectivity index (χ1v) is 6.17. The molecule has 3 rings (SSSR count). The van der Waals surface area contributed by atoms with Gasteiger partial charge in [0.2, 0.25) is 0 Å². The van der Waals surface area contributed by atoms with Gasteiger partial charge in [0, 0.05) is 24.0 Å². The van der Waals surface area contributed by atoms with E-state index in [1.807, 2.05) is 37.5 Å². The van der Waals surface area contributed by atoms with Crippen LogP contribution in [0.5, 0.6) is 0 Å². The van der Waals surface area contributed by atoms with Gasteiger partial charge in [0.15, 0.2) is 0 Å². The van der Waals surface area contributed by atoms with Gasteiger partial charge in [-0.15, -0.1) is 0 Å². The molecule has 2 aromatic heterocycles. The highest BCUT2D eigenvalue weighted by molar-refractivity contribution is 5.82. The topological polar surface area (TPSA) is 50.7 Å². The first kappa shape index (κ1) is 11.7. The van der Waals surface area contributed by atoms with E-state index in [1.54, 1.807) is 18.6 Å². The van der Waals surface area contributed by atoms with E-state index < -0.39 is 0 Å². The average Bonchev–Trinajstić information content (AvgIpc) is 2.49. The van der Waals surface area contributed by atoms with Gasteiger partial charge in [-0.25, -0.2) is 0 Å². The highest BCUT2D eigenvalue weighted by atomic mass is 14.9. The lowest BCUT2D eigenvalue weighted by molar-refractivity contribution is 0.671. The molecule has 0 spiro atoms. The molecule has 0 bridgehead atoms. The zero-order valence-corrected chi connectivity index (χ0v) is 10.6. The van der Waals surface area contributed by atoms with Crippen LogP contribution in [0.15, 0.2) is 55.1 Å². The molecule has 0 radical (unpaired) electrons. The van der Waals surface area contributed by atoms with E-state index in [2.05, 4.69) is 26.3 Å². The van der Waals surface area contributed by atoms with Gasteiger partial charge in [-0.3, -0.25) is 15.0 Å². The molecule has 0 fully saturated rings. The lowest BCUT2D eigenvalue weighted by Crippen LogP contribution is -2.19. The quantitative estimate of drug-likeness (QED) is 0.775. The maximum atomic E-state index is 4.39. The minimum absolute atomic E-state index is 0.0154. The Hall–Kier alpha value is -2.33. The number of nitrogens with zero attached hydrogens (tertiary/aromatic N) is 3. The van der Waals surface area contributed by atoms with Gasteiger partial charge in [0.1, 0.15) is 0 Å². The zero-order valence-electron chi connectivity index (χ0n) is 10.6. The number of nitrogens with one attached hydrogen (secondary N) is 1. The first-order chi connectivity index (χ1) is 9.40. The van der Waals surface area contributed by atoms with Crippen LogP contribution in [-0.2, 0) is 0 Å². The number of pyridine rings is 1. The molecule has 3 aromatic rings. The Morgan fingerprint density at radius 1 is 1.00 bits per heavy atom. The zero-order chi connectivity index (χ0) is 13.1. The predicted octanol–water partition coefficient (Wildman–Crippen LogP) is 2.33. The van der Waals surface area contributed by atoms with Gasteiger partial charge in [-0.2, -0.15) is 0 Å². The van der Waals surface area contributed by atoms with Crippen LogP contribution < -0.4 is 5.32 Å². The molecule has 0 aliphatic carbocycles.